The van der Waals surface area contributed by atoms with Gasteiger partial charge in [0.15, 0.2) is 0 Å². The van der Waals surface area contributed by atoms with Crippen molar-refractivity contribution in [3.63, 3.8) is 0 Å². The first kappa shape index (κ1) is 16.5. The summed E-state index contributed by atoms with van der Waals surface area (Å²) in [6, 6.07) is 6.67. The Bertz CT molecular complexity index is 623. The van der Waals surface area contributed by atoms with Crippen molar-refractivity contribution >= 4 is 11.8 Å². The number of nitrogens with zero attached hydrogens (tertiary/aromatic N) is 3. The van der Waals surface area contributed by atoms with E-state index in [4.69, 9.17) is 0 Å². The SMILES string of the molecule is CSCCN1CCN(Cc2cn[nH]c2-c2cccc(F)c2)CC1. The first-order valence-corrected chi connectivity index (χ1v) is 9.37. The van der Waals surface area contributed by atoms with E-state index in [1.54, 1.807) is 12.1 Å². The van der Waals surface area contributed by atoms with Crippen molar-refractivity contribution < 1.29 is 4.39 Å². The highest BCUT2D eigenvalue weighted by molar-refractivity contribution is 7.98. The molecule has 6 heteroatoms. The zero-order valence-corrected chi connectivity index (χ0v) is 14.3. The number of aromatic nitrogens is 2. The molecule has 2 heterocycles. The van der Waals surface area contributed by atoms with Gasteiger partial charge in [0.1, 0.15) is 5.82 Å². The van der Waals surface area contributed by atoms with Crippen molar-refractivity contribution in [2.45, 2.75) is 6.54 Å². The van der Waals surface area contributed by atoms with E-state index in [0.29, 0.717) is 0 Å². The van der Waals surface area contributed by atoms with Crippen LogP contribution in [0.1, 0.15) is 5.56 Å². The number of rotatable bonds is 6. The number of H-pyrrole nitrogens is 1. The van der Waals surface area contributed by atoms with Crippen LogP contribution in [0.4, 0.5) is 4.39 Å². The molecule has 1 aliphatic heterocycles. The molecular weight excluding hydrogens is 311 g/mol. The van der Waals surface area contributed by atoms with Gasteiger partial charge in [-0.25, -0.2) is 4.39 Å². The predicted octanol–water partition coefficient (Wildman–Crippen LogP) is 2.70. The number of hydrogen-bond donors (Lipinski definition) is 1. The van der Waals surface area contributed by atoms with Crippen molar-refractivity contribution in [3.8, 4) is 11.3 Å². The summed E-state index contributed by atoms with van der Waals surface area (Å²) in [7, 11) is 0. The van der Waals surface area contributed by atoms with E-state index in [9.17, 15) is 4.39 Å². The molecule has 1 aromatic heterocycles. The number of hydrogen-bond acceptors (Lipinski definition) is 4. The number of halogens is 1. The normalized spacial score (nSPS) is 16.8. The number of thioether (sulfide) groups is 1. The van der Waals surface area contributed by atoms with Crippen LogP contribution in [-0.4, -0.2) is 64.7 Å². The third-order valence-electron chi connectivity index (χ3n) is 4.30. The van der Waals surface area contributed by atoms with Gasteiger partial charge in [-0.15, -0.1) is 0 Å². The van der Waals surface area contributed by atoms with Crippen molar-refractivity contribution in [2.24, 2.45) is 0 Å². The standard InChI is InChI=1S/C17H23FN4S/c1-23-10-9-21-5-7-22(8-6-21)13-15-12-19-20-17(15)14-3-2-4-16(18)11-14/h2-4,11-12H,5-10,13H2,1H3,(H,19,20). The fourth-order valence-corrected chi connectivity index (χ4v) is 3.40. The highest BCUT2D eigenvalue weighted by Gasteiger charge is 2.18. The maximum Gasteiger partial charge on any atom is 0.123 e. The number of nitrogens with one attached hydrogen (secondary N) is 1. The van der Waals surface area contributed by atoms with E-state index in [1.165, 1.54) is 18.4 Å². The molecule has 1 aliphatic rings. The van der Waals surface area contributed by atoms with Crippen molar-refractivity contribution in [1.29, 1.82) is 0 Å². The number of benzene rings is 1. The Balaban J connectivity index is 1.61. The minimum Gasteiger partial charge on any atom is -0.300 e. The maximum atomic E-state index is 13.4. The first-order chi connectivity index (χ1) is 11.3. The lowest BCUT2D eigenvalue weighted by atomic mass is 10.1. The summed E-state index contributed by atoms with van der Waals surface area (Å²) in [6.45, 7) is 6.42. The lowest BCUT2D eigenvalue weighted by Crippen LogP contribution is -2.46. The summed E-state index contributed by atoms with van der Waals surface area (Å²) in [5, 5.41) is 7.18. The van der Waals surface area contributed by atoms with E-state index in [2.05, 4.69) is 26.3 Å². The second-order valence-corrected chi connectivity index (χ2v) is 6.88. The lowest BCUT2D eigenvalue weighted by Gasteiger charge is -2.34. The van der Waals surface area contributed by atoms with Crippen LogP contribution in [0.15, 0.2) is 30.5 Å². The Labute approximate surface area is 141 Å². The quantitative estimate of drug-likeness (QED) is 0.881. The first-order valence-electron chi connectivity index (χ1n) is 7.98. The van der Waals surface area contributed by atoms with Crippen LogP contribution >= 0.6 is 11.8 Å². The Morgan fingerprint density at radius 2 is 2.00 bits per heavy atom. The lowest BCUT2D eigenvalue weighted by molar-refractivity contribution is 0.133. The van der Waals surface area contributed by atoms with Crippen LogP contribution in [0.2, 0.25) is 0 Å². The number of piperazine rings is 1. The molecule has 1 aromatic carbocycles. The molecule has 1 fully saturated rings. The van der Waals surface area contributed by atoms with Crippen molar-refractivity contribution in [1.82, 2.24) is 20.0 Å². The Morgan fingerprint density at radius 1 is 1.22 bits per heavy atom. The van der Waals surface area contributed by atoms with Gasteiger partial charge in [-0.05, 0) is 18.4 Å². The van der Waals surface area contributed by atoms with E-state index in [0.717, 1.165) is 49.5 Å². The monoisotopic (exact) mass is 334 g/mol. The Morgan fingerprint density at radius 3 is 2.74 bits per heavy atom. The third-order valence-corrected chi connectivity index (χ3v) is 4.89. The van der Waals surface area contributed by atoms with E-state index in [-0.39, 0.29) is 5.82 Å². The molecule has 23 heavy (non-hydrogen) atoms. The summed E-state index contributed by atoms with van der Waals surface area (Å²) in [6.07, 6.45) is 4.02. The van der Waals surface area contributed by atoms with Crippen LogP contribution in [-0.2, 0) is 6.54 Å². The highest BCUT2D eigenvalue weighted by atomic mass is 32.2. The van der Waals surface area contributed by atoms with E-state index in [1.807, 2.05) is 24.0 Å². The molecule has 3 rings (SSSR count). The molecule has 2 aromatic rings. The average molecular weight is 334 g/mol. The zero-order chi connectivity index (χ0) is 16.1. The third kappa shape index (κ3) is 4.34. The Kier molecular flexibility index (Phi) is 5.70. The van der Waals surface area contributed by atoms with Gasteiger partial charge in [-0.1, -0.05) is 12.1 Å². The van der Waals surface area contributed by atoms with Crippen LogP contribution in [0.5, 0.6) is 0 Å². The average Bonchev–Trinajstić information content (AvgIpc) is 3.02. The summed E-state index contributed by atoms with van der Waals surface area (Å²) in [5.41, 5.74) is 2.92. The fourth-order valence-electron chi connectivity index (χ4n) is 2.96. The molecule has 0 unspecified atom stereocenters. The summed E-state index contributed by atoms with van der Waals surface area (Å²) in [5.74, 6) is 0.983. The number of aromatic amines is 1. The molecular formula is C17H23FN4S. The Hall–Kier alpha value is -1.37. The second kappa shape index (κ2) is 7.95. The van der Waals surface area contributed by atoms with Gasteiger partial charge in [-0.3, -0.25) is 14.9 Å². The zero-order valence-electron chi connectivity index (χ0n) is 13.5. The van der Waals surface area contributed by atoms with E-state index < -0.39 is 0 Å². The molecule has 0 bridgehead atoms. The second-order valence-electron chi connectivity index (χ2n) is 5.89. The van der Waals surface area contributed by atoms with Gasteiger partial charge in [0.05, 0.1) is 11.9 Å². The van der Waals surface area contributed by atoms with E-state index >= 15 is 0 Å². The molecule has 0 radical (unpaired) electrons. The van der Waals surface area contributed by atoms with Gasteiger partial charge >= 0.3 is 0 Å². The molecule has 0 atom stereocenters. The van der Waals surface area contributed by atoms with Gasteiger partial charge in [-0.2, -0.15) is 16.9 Å². The fraction of sp³-hybridized carbons (Fsp3) is 0.471. The smallest absolute Gasteiger partial charge is 0.123 e. The molecule has 1 N–H and O–H groups in total. The summed E-state index contributed by atoms with van der Waals surface area (Å²) in [4.78, 5) is 4.97. The summed E-state index contributed by atoms with van der Waals surface area (Å²) < 4.78 is 13.4. The minimum absolute atomic E-state index is 0.217. The topological polar surface area (TPSA) is 35.2 Å². The van der Waals surface area contributed by atoms with Gasteiger partial charge < -0.3 is 0 Å². The maximum absolute atomic E-state index is 13.4. The van der Waals surface area contributed by atoms with Gasteiger partial charge in [0.2, 0.25) is 0 Å². The molecule has 0 saturated carbocycles. The molecule has 124 valence electrons. The van der Waals surface area contributed by atoms with Crippen LogP contribution in [0.25, 0.3) is 11.3 Å². The predicted molar refractivity (Wildman–Crippen MR) is 94.1 cm³/mol. The highest BCUT2D eigenvalue weighted by Crippen LogP contribution is 2.23. The van der Waals surface area contributed by atoms with Crippen molar-refractivity contribution in [2.75, 3.05) is 44.7 Å². The van der Waals surface area contributed by atoms with Gasteiger partial charge in [0.25, 0.3) is 0 Å². The molecule has 4 nitrogen and oxygen atoms in total. The summed E-state index contributed by atoms with van der Waals surface area (Å²) >= 11 is 1.90. The van der Waals surface area contributed by atoms with Gasteiger partial charge in [0, 0.05) is 56.1 Å². The molecule has 0 amide bonds. The molecule has 1 saturated heterocycles. The van der Waals surface area contributed by atoms with Crippen LogP contribution in [0.3, 0.4) is 0 Å². The largest absolute Gasteiger partial charge is 0.300 e. The molecule has 0 aliphatic carbocycles. The molecule has 0 spiro atoms. The van der Waals surface area contributed by atoms with Crippen LogP contribution < -0.4 is 0 Å². The van der Waals surface area contributed by atoms with Crippen LogP contribution in [0, 0.1) is 5.82 Å². The van der Waals surface area contributed by atoms with Crippen molar-refractivity contribution in [3.05, 3.63) is 41.8 Å². The minimum atomic E-state index is -0.217.